The Morgan fingerprint density at radius 1 is 1.38 bits per heavy atom. The third kappa shape index (κ3) is 1.29. The van der Waals surface area contributed by atoms with E-state index in [2.05, 4.69) is 6.07 Å². The van der Waals surface area contributed by atoms with Crippen molar-refractivity contribution in [2.45, 2.75) is 37.7 Å². The normalized spacial score (nSPS) is 28.6. The predicted molar refractivity (Wildman–Crippen MR) is 62.6 cm³/mol. The molecule has 86 valence electrons. The Bertz CT molecular complexity index is 409. The lowest BCUT2D eigenvalue weighted by Gasteiger charge is -2.39. The second kappa shape index (κ2) is 3.49. The number of aliphatic hydroxyl groups is 1. The van der Waals surface area contributed by atoms with Crippen LogP contribution in [-0.2, 0) is 12.0 Å². The fourth-order valence-corrected chi connectivity index (χ4v) is 3.07. The van der Waals surface area contributed by atoms with Crippen molar-refractivity contribution in [1.82, 2.24) is 0 Å². The molecule has 1 N–H and O–H groups in total. The first kappa shape index (κ1) is 10.2. The summed E-state index contributed by atoms with van der Waals surface area (Å²) in [5.74, 6) is 1.33. The van der Waals surface area contributed by atoms with Crippen molar-refractivity contribution in [1.29, 1.82) is 0 Å². The fraction of sp³-hybridized carbons (Fsp3) is 0.571. The summed E-state index contributed by atoms with van der Waals surface area (Å²) >= 11 is 0. The molecular weight excluding hydrogens is 200 g/mol. The molecule has 1 aromatic rings. The summed E-state index contributed by atoms with van der Waals surface area (Å²) in [6.45, 7) is 0. The number of fused-ring (bicyclic) bond motifs is 1. The zero-order chi connectivity index (χ0) is 11.2. The van der Waals surface area contributed by atoms with Gasteiger partial charge in [0.05, 0.1) is 12.7 Å². The summed E-state index contributed by atoms with van der Waals surface area (Å²) in [7, 11) is 1.68. The number of ether oxygens (including phenoxy) is 1. The molecule has 16 heavy (non-hydrogen) atoms. The van der Waals surface area contributed by atoms with Gasteiger partial charge in [0.2, 0.25) is 0 Å². The van der Waals surface area contributed by atoms with Crippen LogP contribution in [0.3, 0.4) is 0 Å². The number of hydrogen-bond donors (Lipinski definition) is 1. The van der Waals surface area contributed by atoms with Crippen molar-refractivity contribution in [2.75, 3.05) is 7.11 Å². The minimum absolute atomic E-state index is 0.473. The molecule has 2 aliphatic carbocycles. The largest absolute Gasteiger partial charge is 0.497 e. The molecule has 2 nitrogen and oxygen atoms in total. The van der Waals surface area contributed by atoms with Crippen molar-refractivity contribution >= 4 is 0 Å². The second-order valence-corrected chi connectivity index (χ2v) is 5.08. The molecule has 1 aromatic carbocycles. The van der Waals surface area contributed by atoms with Gasteiger partial charge in [-0.05, 0) is 54.9 Å². The van der Waals surface area contributed by atoms with Crippen LogP contribution in [0.4, 0.5) is 0 Å². The Labute approximate surface area is 96.2 Å². The lowest BCUT2D eigenvalue weighted by Crippen LogP contribution is -2.37. The number of hydrogen-bond acceptors (Lipinski definition) is 2. The number of rotatable bonds is 2. The molecule has 0 aromatic heterocycles. The van der Waals surface area contributed by atoms with Gasteiger partial charge in [-0.2, -0.15) is 0 Å². The molecule has 1 fully saturated rings. The molecule has 0 aliphatic heterocycles. The molecule has 2 aliphatic rings. The lowest BCUT2D eigenvalue weighted by atomic mass is 9.70. The highest BCUT2D eigenvalue weighted by molar-refractivity contribution is 5.43. The molecule has 2 heteroatoms. The van der Waals surface area contributed by atoms with E-state index in [1.54, 1.807) is 7.11 Å². The molecule has 0 radical (unpaired) electrons. The minimum Gasteiger partial charge on any atom is -0.497 e. The maximum Gasteiger partial charge on any atom is 0.119 e. The fourth-order valence-electron chi connectivity index (χ4n) is 3.07. The van der Waals surface area contributed by atoms with Gasteiger partial charge in [0.25, 0.3) is 0 Å². The standard InChI is InChI=1S/C14H18O2/c1-16-12-6-5-10-7-8-14(15,13(10)9-12)11-3-2-4-11/h5-6,9,11,15H,2-4,7-8H2,1H3. The summed E-state index contributed by atoms with van der Waals surface area (Å²) in [5.41, 5.74) is 1.86. The van der Waals surface area contributed by atoms with Crippen LogP contribution in [0.2, 0.25) is 0 Å². The van der Waals surface area contributed by atoms with Crippen LogP contribution in [0, 0.1) is 5.92 Å². The Morgan fingerprint density at radius 2 is 2.19 bits per heavy atom. The van der Waals surface area contributed by atoms with Gasteiger partial charge in [-0.15, -0.1) is 0 Å². The first-order valence-electron chi connectivity index (χ1n) is 6.14. The zero-order valence-corrected chi connectivity index (χ0v) is 9.70. The zero-order valence-electron chi connectivity index (χ0n) is 9.70. The van der Waals surface area contributed by atoms with Crippen LogP contribution in [0.5, 0.6) is 5.75 Å². The van der Waals surface area contributed by atoms with E-state index in [0.717, 1.165) is 24.2 Å². The van der Waals surface area contributed by atoms with Crippen LogP contribution in [0.1, 0.15) is 36.8 Å². The molecule has 0 spiro atoms. The second-order valence-electron chi connectivity index (χ2n) is 5.08. The van der Waals surface area contributed by atoms with Crippen LogP contribution in [0.15, 0.2) is 18.2 Å². The van der Waals surface area contributed by atoms with Gasteiger partial charge in [-0.25, -0.2) is 0 Å². The Morgan fingerprint density at radius 3 is 2.81 bits per heavy atom. The van der Waals surface area contributed by atoms with E-state index in [9.17, 15) is 5.11 Å². The SMILES string of the molecule is COc1ccc2c(c1)C(O)(C1CCC1)CC2. The Hall–Kier alpha value is -1.02. The molecule has 0 heterocycles. The molecule has 1 unspecified atom stereocenters. The molecule has 1 saturated carbocycles. The minimum atomic E-state index is -0.567. The first-order valence-corrected chi connectivity index (χ1v) is 6.14. The van der Waals surface area contributed by atoms with Gasteiger partial charge in [0.1, 0.15) is 5.75 Å². The smallest absolute Gasteiger partial charge is 0.119 e. The highest BCUT2D eigenvalue weighted by Gasteiger charge is 2.45. The maximum absolute atomic E-state index is 10.8. The van der Waals surface area contributed by atoms with E-state index in [-0.39, 0.29) is 0 Å². The maximum atomic E-state index is 10.8. The van der Waals surface area contributed by atoms with Gasteiger partial charge in [-0.1, -0.05) is 12.5 Å². The number of benzene rings is 1. The Balaban J connectivity index is 2.02. The van der Waals surface area contributed by atoms with Gasteiger partial charge in [0, 0.05) is 0 Å². The van der Waals surface area contributed by atoms with Crippen LogP contribution >= 0.6 is 0 Å². The van der Waals surface area contributed by atoms with Crippen LogP contribution in [0.25, 0.3) is 0 Å². The monoisotopic (exact) mass is 218 g/mol. The van der Waals surface area contributed by atoms with E-state index in [1.807, 2.05) is 12.1 Å². The van der Waals surface area contributed by atoms with Crippen molar-refractivity contribution in [3.63, 3.8) is 0 Å². The molecule has 0 bridgehead atoms. The van der Waals surface area contributed by atoms with Crippen LogP contribution in [-0.4, -0.2) is 12.2 Å². The topological polar surface area (TPSA) is 29.5 Å². The summed E-state index contributed by atoms with van der Waals surface area (Å²) in [6.07, 6.45) is 5.51. The third-order valence-corrected chi connectivity index (χ3v) is 4.34. The molecule has 0 saturated heterocycles. The number of methoxy groups -OCH3 is 1. The van der Waals surface area contributed by atoms with Crippen molar-refractivity contribution in [3.8, 4) is 5.75 Å². The summed E-state index contributed by atoms with van der Waals surface area (Å²) in [4.78, 5) is 0. The third-order valence-electron chi connectivity index (χ3n) is 4.34. The van der Waals surface area contributed by atoms with Gasteiger partial charge in [-0.3, -0.25) is 0 Å². The quantitative estimate of drug-likeness (QED) is 0.827. The molecule has 3 rings (SSSR count). The summed E-state index contributed by atoms with van der Waals surface area (Å²) in [5, 5.41) is 10.8. The van der Waals surface area contributed by atoms with E-state index in [4.69, 9.17) is 4.74 Å². The molecular formula is C14H18O2. The van der Waals surface area contributed by atoms with E-state index in [1.165, 1.54) is 24.8 Å². The highest BCUT2D eigenvalue weighted by Crippen LogP contribution is 2.50. The van der Waals surface area contributed by atoms with E-state index < -0.39 is 5.60 Å². The highest BCUT2D eigenvalue weighted by atomic mass is 16.5. The molecule has 1 atom stereocenters. The summed E-state index contributed by atoms with van der Waals surface area (Å²) < 4.78 is 5.25. The first-order chi connectivity index (χ1) is 7.74. The Kier molecular flexibility index (Phi) is 2.21. The van der Waals surface area contributed by atoms with Crippen LogP contribution < -0.4 is 4.74 Å². The van der Waals surface area contributed by atoms with Gasteiger partial charge < -0.3 is 9.84 Å². The van der Waals surface area contributed by atoms with Crippen molar-refractivity contribution < 1.29 is 9.84 Å². The van der Waals surface area contributed by atoms with Crippen molar-refractivity contribution in [2.24, 2.45) is 5.92 Å². The number of aryl methyl sites for hydroxylation is 1. The lowest BCUT2D eigenvalue weighted by molar-refractivity contribution is -0.0546. The predicted octanol–water partition coefficient (Wildman–Crippen LogP) is 2.63. The van der Waals surface area contributed by atoms with Crippen molar-refractivity contribution in [3.05, 3.63) is 29.3 Å². The van der Waals surface area contributed by atoms with E-state index >= 15 is 0 Å². The summed E-state index contributed by atoms with van der Waals surface area (Å²) in [6, 6.07) is 6.12. The van der Waals surface area contributed by atoms with Gasteiger partial charge >= 0.3 is 0 Å². The van der Waals surface area contributed by atoms with Gasteiger partial charge in [0.15, 0.2) is 0 Å². The average Bonchev–Trinajstić information content (AvgIpc) is 2.54. The van der Waals surface area contributed by atoms with E-state index in [0.29, 0.717) is 5.92 Å². The average molecular weight is 218 g/mol. The molecule has 0 amide bonds.